The predicted octanol–water partition coefficient (Wildman–Crippen LogP) is 5.20. The number of hydrogen-bond acceptors (Lipinski definition) is 3. The van der Waals surface area contributed by atoms with Crippen molar-refractivity contribution in [1.82, 2.24) is 5.32 Å². The van der Waals surface area contributed by atoms with Crippen LogP contribution in [0.4, 0.5) is 4.39 Å². The molecule has 31 heavy (non-hydrogen) atoms. The lowest BCUT2D eigenvalue weighted by Gasteiger charge is -2.12. The number of carbonyl (C=O) groups is 2. The minimum absolute atomic E-state index is 0.0956. The normalized spacial score (nSPS) is 11.5. The maximum atomic E-state index is 14.2. The standard InChI is InChI=1S/C25H24FNO4/c1-2-19(25(29)30)14-18-10-13-23(26)22(15-18)24(28)27-16-17-8-11-21(12-9-17)31-20-6-4-3-5-7-20/h3-13,15,19H,2,14,16H2,1H3,(H,27,28)(H,29,30). The number of halogens is 1. The van der Waals surface area contributed by atoms with E-state index in [-0.39, 0.29) is 18.5 Å². The van der Waals surface area contributed by atoms with Crippen LogP contribution in [-0.2, 0) is 17.8 Å². The average Bonchev–Trinajstić information content (AvgIpc) is 2.78. The Balaban J connectivity index is 1.61. The van der Waals surface area contributed by atoms with Gasteiger partial charge in [-0.05, 0) is 60.4 Å². The molecule has 0 heterocycles. The van der Waals surface area contributed by atoms with Crippen molar-refractivity contribution < 1.29 is 23.8 Å². The molecule has 0 fully saturated rings. The molecule has 0 bridgehead atoms. The Morgan fingerprint density at radius 1 is 0.968 bits per heavy atom. The zero-order valence-corrected chi connectivity index (χ0v) is 17.2. The van der Waals surface area contributed by atoms with Gasteiger partial charge in [-0.25, -0.2) is 4.39 Å². The van der Waals surface area contributed by atoms with E-state index in [0.29, 0.717) is 17.7 Å². The lowest BCUT2D eigenvalue weighted by molar-refractivity contribution is -0.141. The summed E-state index contributed by atoms with van der Waals surface area (Å²) in [7, 11) is 0. The zero-order chi connectivity index (χ0) is 22.2. The highest BCUT2D eigenvalue weighted by Gasteiger charge is 2.18. The Labute approximate surface area is 180 Å². The third-order valence-corrected chi connectivity index (χ3v) is 4.95. The molecule has 3 rings (SSSR count). The van der Waals surface area contributed by atoms with Crippen LogP contribution in [0.1, 0.15) is 34.8 Å². The minimum Gasteiger partial charge on any atom is -0.481 e. The molecule has 1 unspecified atom stereocenters. The number of nitrogens with one attached hydrogen (secondary N) is 1. The highest BCUT2D eigenvalue weighted by atomic mass is 19.1. The largest absolute Gasteiger partial charge is 0.481 e. The van der Waals surface area contributed by atoms with Crippen LogP contribution in [0.25, 0.3) is 0 Å². The van der Waals surface area contributed by atoms with Crippen molar-refractivity contribution in [3.63, 3.8) is 0 Å². The molecule has 3 aromatic rings. The van der Waals surface area contributed by atoms with E-state index in [2.05, 4.69) is 5.32 Å². The van der Waals surface area contributed by atoms with Crippen molar-refractivity contribution in [2.75, 3.05) is 0 Å². The zero-order valence-electron chi connectivity index (χ0n) is 17.2. The van der Waals surface area contributed by atoms with Crippen LogP contribution in [0.3, 0.4) is 0 Å². The third-order valence-electron chi connectivity index (χ3n) is 4.95. The Kier molecular flexibility index (Phi) is 7.38. The summed E-state index contributed by atoms with van der Waals surface area (Å²) < 4.78 is 19.9. The van der Waals surface area contributed by atoms with Gasteiger partial charge in [0.15, 0.2) is 0 Å². The Morgan fingerprint density at radius 3 is 2.26 bits per heavy atom. The summed E-state index contributed by atoms with van der Waals surface area (Å²) in [5, 5.41) is 11.9. The Bertz CT molecular complexity index is 1040. The molecule has 0 aliphatic carbocycles. The topological polar surface area (TPSA) is 75.6 Å². The van der Waals surface area contributed by atoms with Gasteiger partial charge in [0.2, 0.25) is 0 Å². The number of para-hydroxylation sites is 1. The van der Waals surface area contributed by atoms with Crippen molar-refractivity contribution in [3.05, 3.63) is 95.3 Å². The SMILES string of the molecule is CCC(Cc1ccc(F)c(C(=O)NCc2ccc(Oc3ccccc3)cc2)c1)C(=O)O. The van der Waals surface area contributed by atoms with E-state index >= 15 is 0 Å². The summed E-state index contributed by atoms with van der Waals surface area (Å²) in [4.78, 5) is 23.7. The fraction of sp³-hybridized carbons (Fsp3) is 0.200. The molecule has 0 spiro atoms. The molecular weight excluding hydrogens is 397 g/mol. The predicted molar refractivity (Wildman–Crippen MR) is 116 cm³/mol. The van der Waals surface area contributed by atoms with Gasteiger partial charge in [-0.15, -0.1) is 0 Å². The van der Waals surface area contributed by atoms with Crippen LogP contribution >= 0.6 is 0 Å². The van der Waals surface area contributed by atoms with Gasteiger partial charge >= 0.3 is 5.97 Å². The number of ether oxygens (including phenoxy) is 1. The van der Waals surface area contributed by atoms with E-state index in [1.165, 1.54) is 18.2 Å². The highest BCUT2D eigenvalue weighted by Crippen LogP contribution is 2.21. The minimum atomic E-state index is -0.905. The number of amides is 1. The second-order valence-corrected chi connectivity index (χ2v) is 7.20. The highest BCUT2D eigenvalue weighted by molar-refractivity contribution is 5.94. The first-order chi connectivity index (χ1) is 15.0. The molecule has 0 aliphatic heterocycles. The first kappa shape index (κ1) is 22.0. The molecule has 0 saturated carbocycles. The molecule has 0 aliphatic rings. The van der Waals surface area contributed by atoms with Gasteiger partial charge < -0.3 is 15.2 Å². The number of carboxylic acids is 1. The fourth-order valence-electron chi connectivity index (χ4n) is 3.14. The molecule has 0 radical (unpaired) electrons. The molecule has 3 aromatic carbocycles. The van der Waals surface area contributed by atoms with E-state index in [1.807, 2.05) is 42.5 Å². The van der Waals surface area contributed by atoms with E-state index in [9.17, 15) is 19.1 Å². The smallest absolute Gasteiger partial charge is 0.306 e. The first-order valence-electron chi connectivity index (χ1n) is 10.1. The number of aliphatic carboxylic acids is 1. The number of hydrogen-bond donors (Lipinski definition) is 2. The van der Waals surface area contributed by atoms with Crippen LogP contribution in [0.5, 0.6) is 11.5 Å². The molecule has 5 nitrogen and oxygen atoms in total. The van der Waals surface area contributed by atoms with Crippen LogP contribution < -0.4 is 10.1 Å². The van der Waals surface area contributed by atoms with Gasteiger partial charge in [-0.1, -0.05) is 43.3 Å². The van der Waals surface area contributed by atoms with Crippen LogP contribution in [0, 0.1) is 11.7 Å². The molecule has 2 N–H and O–H groups in total. The van der Waals surface area contributed by atoms with Gasteiger partial charge in [0.05, 0.1) is 11.5 Å². The summed E-state index contributed by atoms with van der Waals surface area (Å²) in [5.74, 6) is -1.27. The maximum Gasteiger partial charge on any atom is 0.306 e. The molecule has 1 atom stereocenters. The molecule has 1 amide bonds. The molecule has 0 saturated heterocycles. The van der Waals surface area contributed by atoms with E-state index in [4.69, 9.17) is 4.74 Å². The second-order valence-electron chi connectivity index (χ2n) is 7.20. The van der Waals surface area contributed by atoms with Gasteiger partial charge in [0.25, 0.3) is 5.91 Å². The summed E-state index contributed by atoms with van der Waals surface area (Å²) in [6.45, 7) is 2.01. The third kappa shape index (κ3) is 6.15. The summed E-state index contributed by atoms with van der Waals surface area (Å²) in [5.41, 5.74) is 1.35. The lowest BCUT2D eigenvalue weighted by Crippen LogP contribution is -2.24. The van der Waals surface area contributed by atoms with Crippen LogP contribution in [0.15, 0.2) is 72.8 Å². The lowest BCUT2D eigenvalue weighted by atomic mass is 9.95. The van der Waals surface area contributed by atoms with Gasteiger partial charge in [0.1, 0.15) is 17.3 Å². The van der Waals surface area contributed by atoms with E-state index in [0.717, 1.165) is 11.3 Å². The number of benzene rings is 3. The summed E-state index contributed by atoms with van der Waals surface area (Å²) in [6.07, 6.45) is 0.702. The first-order valence-corrected chi connectivity index (χ1v) is 10.1. The van der Waals surface area contributed by atoms with Crippen molar-refractivity contribution in [1.29, 1.82) is 0 Å². The van der Waals surface area contributed by atoms with Gasteiger partial charge in [0, 0.05) is 6.54 Å². The fourth-order valence-corrected chi connectivity index (χ4v) is 3.14. The van der Waals surface area contributed by atoms with Crippen LogP contribution in [-0.4, -0.2) is 17.0 Å². The number of carboxylic acid groups (broad SMARTS) is 1. The van der Waals surface area contributed by atoms with Crippen molar-refractivity contribution >= 4 is 11.9 Å². The molecule has 6 heteroatoms. The van der Waals surface area contributed by atoms with Gasteiger partial charge in [-0.3, -0.25) is 9.59 Å². The van der Waals surface area contributed by atoms with E-state index < -0.39 is 23.6 Å². The Morgan fingerprint density at radius 2 is 1.61 bits per heavy atom. The van der Waals surface area contributed by atoms with Gasteiger partial charge in [-0.2, -0.15) is 0 Å². The van der Waals surface area contributed by atoms with E-state index in [1.54, 1.807) is 19.1 Å². The summed E-state index contributed by atoms with van der Waals surface area (Å²) in [6, 6.07) is 20.8. The second kappa shape index (κ2) is 10.4. The number of rotatable bonds is 9. The average molecular weight is 421 g/mol. The quantitative estimate of drug-likeness (QED) is 0.498. The molecule has 160 valence electrons. The van der Waals surface area contributed by atoms with Crippen molar-refractivity contribution in [3.8, 4) is 11.5 Å². The van der Waals surface area contributed by atoms with Crippen molar-refractivity contribution in [2.24, 2.45) is 5.92 Å². The van der Waals surface area contributed by atoms with Crippen molar-refractivity contribution in [2.45, 2.75) is 26.3 Å². The monoisotopic (exact) mass is 421 g/mol. The van der Waals surface area contributed by atoms with Crippen LogP contribution in [0.2, 0.25) is 0 Å². The summed E-state index contributed by atoms with van der Waals surface area (Å²) >= 11 is 0. The molecule has 0 aromatic heterocycles. The Hall–Kier alpha value is -3.67. The number of carbonyl (C=O) groups excluding carboxylic acids is 1. The maximum absolute atomic E-state index is 14.2. The molecular formula is C25H24FNO4.